The van der Waals surface area contributed by atoms with Crippen LogP contribution in [-0.4, -0.2) is 82.0 Å². The molecule has 6 rings (SSSR count). The van der Waals surface area contributed by atoms with Crippen LogP contribution in [0.3, 0.4) is 0 Å². The highest BCUT2D eigenvalue weighted by molar-refractivity contribution is 6.33. The molecule has 1 aromatic carbocycles. The number of aromatic amines is 1. The van der Waals surface area contributed by atoms with Gasteiger partial charge in [0.25, 0.3) is 6.01 Å². The van der Waals surface area contributed by atoms with Crippen LogP contribution in [0, 0.1) is 0 Å². The van der Waals surface area contributed by atoms with Crippen molar-refractivity contribution in [3.8, 4) is 17.3 Å². The number of imidazole rings is 1. The van der Waals surface area contributed by atoms with Gasteiger partial charge in [-0.1, -0.05) is 23.7 Å². The number of ether oxygens (including phenoxy) is 3. The summed E-state index contributed by atoms with van der Waals surface area (Å²) in [6.45, 7) is 2.35. The number of aromatic nitrogens is 3. The number of anilines is 1. The summed E-state index contributed by atoms with van der Waals surface area (Å²) < 4.78 is 17.2. The molecule has 5 heterocycles. The van der Waals surface area contributed by atoms with Gasteiger partial charge in [-0.2, -0.15) is 4.98 Å². The lowest BCUT2D eigenvalue weighted by atomic mass is 10.1. The molecule has 9 nitrogen and oxygen atoms in total. The Hall–Kier alpha value is -2.43. The minimum absolute atomic E-state index is 0.207. The van der Waals surface area contributed by atoms with Crippen LogP contribution >= 0.6 is 11.6 Å². The van der Waals surface area contributed by atoms with Crippen LogP contribution in [0.2, 0.25) is 5.02 Å². The maximum Gasteiger partial charge on any atom is 0.296 e. The molecule has 0 bridgehead atoms. The van der Waals surface area contributed by atoms with Crippen LogP contribution in [0.1, 0.15) is 19.3 Å². The van der Waals surface area contributed by atoms with Gasteiger partial charge in [-0.3, -0.25) is 0 Å². The summed E-state index contributed by atoms with van der Waals surface area (Å²) in [5.74, 6) is 0. The summed E-state index contributed by atoms with van der Waals surface area (Å²) in [5.41, 5.74) is 3.85. The zero-order chi connectivity index (χ0) is 23.2. The summed E-state index contributed by atoms with van der Waals surface area (Å²) in [5, 5.41) is 20.3. The molecule has 3 aromatic rings. The Kier molecular flexibility index (Phi) is 5.82. The molecule has 0 amide bonds. The first-order chi connectivity index (χ1) is 16.5. The predicted molar refractivity (Wildman–Crippen MR) is 126 cm³/mol. The van der Waals surface area contributed by atoms with E-state index >= 15 is 0 Å². The highest BCUT2D eigenvalue weighted by Crippen LogP contribution is 2.33. The molecule has 0 aliphatic carbocycles. The van der Waals surface area contributed by atoms with Crippen LogP contribution < -0.4 is 9.64 Å². The van der Waals surface area contributed by atoms with E-state index < -0.39 is 6.10 Å². The Balaban J connectivity index is 1.21. The molecule has 3 N–H and O–H groups in total. The average Bonchev–Trinajstić information content (AvgIpc) is 3.47. The van der Waals surface area contributed by atoms with Gasteiger partial charge in [-0.15, -0.1) is 0 Å². The molecule has 3 aliphatic rings. The lowest BCUT2D eigenvalue weighted by Gasteiger charge is -2.22. The maximum absolute atomic E-state index is 9.91. The zero-order valence-corrected chi connectivity index (χ0v) is 19.3. The largest absolute Gasteiger partial charge is 0.456 e. The summed E-state index contributed by atoms with van der Waals surface area (Å²) >= 11 is 6.58. The van der Waals surface area contributed by atoms with Gasteiger partial charge < -0.3 is 34.3 Å². The van der Waals surface area contributed by atoms with Gasteiger partial charge in [0.2, 0.25) is 0 Å². The second kappa shape index (κ2) is 8.98. The molecule has 2 unspecified atom stereocenters. The number of benzene rings is 1. The van der Waals surface area contributed by atoms with Crippen molar-refractivity contribution in [1.82, 2.24) is 15.0 Å². The molecule has 3 fully saturated rings. The third kappa shape index (κ3) is 4.12. The molecule has 3 saturated heterocycles. The minimum atomic E-state index is -0.630. The number of aliphatic hydroxyl groups is 2. The molecule has 0 radical (unpaired) electrons. The SMILES string of the molecule is OC1CCCN(c2ccc(-c3nc4nc(O[C@@H]5CO[C@H]6C5OC[C@H]6O)[nH]c4cc3Cl)cc2)CC1. The average molecular weight is 487 g/mol. The number of hydrogen-bond donors (Lipinski definition) is 3. The Morgan fingerprint density at radius 2 is 1.85 bits per heavy atom. The first-order valence-corrected chi connectivity index (χ1v) is 12.1. The first-order valence-electron chi connectivity index (χ1n) is 11.7. The number of aliphatic hydroxyl groups excluding tert-OH is 2. The van der Waals surface area contributed by atoms with E-state index in [1.807, 2.05) is 12.1 Å². The minimum Gasteiger partial charge on any atom is -0.456 e. The van der Waals surface area contributed by atoms with Gasteiger partial charge in [0, 0.05) is 24.3 Å². The van der Waals surface area contributed by atoms with Crippen LogP contribution in [0.25, 0.3) is 22.4 Å². The molecule has 34 heavy (non-hydrogen) atoms. The summed E-state index contributed by atoms with van der Waals surface area (Å²) in [4.78, 5) is 14.6. The van der Waals surface area contributed by atoms with Crippen LogP contribution in [0.4, 0.5) is 5.69 Å². The van der Waals surface area contributed by atoms with E-state index in [0.717, 1.165) is 43.6 Å². The number of fused-ring (bicyclic) bond motifs is 2. The van der Waals surface area contributed by atoms with Gasteiger partial charge in [-0.25, -0.2) is 4.98 Å². The maximum atomic E-state index is 9.91. The van der Waals surface area contributed by atoms with E-state index in [9.17, 15) is 10.2 Å². The molecule has 5 atom stereocenters. The number of halogens is 1. The molecular formula is C24H27ClN4O5. The summed E-state index contributed by atoms with van der Waals surface area (Å²) in [7, 11) is 0. The Morgan fingerprint density at radius 3 is 2.71 bits per heavy atom. The molecule has 0 saturated carbocycles. The predicted octanol–water partition coefficient (Wildman–Crippen LogP) is 2.54. The van der Waals surface area contributed by atoms with Crippen molar-refractivity contribution in [2.45, 2.75) is 49.8 Å². The zero-order valence-electron chi connectivity index (χ0n) is 18.6. The van der Waals surface area contributed by atoms with Crippen molar-refractivity contribution in [2.75, 3.05) is 31.2 Å². The van der Waals surface area contributed by atoms with Crippen molar-refractivity contribution < 1.29 is 24.4 Å². The molecule has 10 heteroatoms. The molecule has 180 valence electrons. The van der Waals surface area contributed by atoms with Crippen molar-refractivity contribution in [3.05, 3.63) is 35.4 Å². The fourth-order valence-electron chi connectivity index (χ4n) is 5.01. The van der Waals surface area contributed by atoms with E-state index in [-0.39, 0.29) is 31.0 Å². The lowest BCUT2D eigenvalue weighted by Crippen LogP contribution is -2.34. The van der Waals surface area contributed by atoms with Gasteiger partial charge in [0.1, 0.15) is 18.3 Å². The molecule has 2 aromatic heterocycles. The van der Waals surface area contributed by atoms with E-state index in [2.05, 4.69) is 32.0 Å². The van der Waals surface area contributed by atoms with Crippen molar-refractivity contribution >= 4 is 28.5 Å². The van der Waals surface area contributed by atoms with Crippen molar-refractivity contribution in [1.29, 1.82) is 0 Å². The van der Waals surface area contributed by atoms with E-state index in [0.29, 0.717) is 34.5 Å². The third-order valence-electron chi connectivity index (χ3n) is 6.85. The standard InChI is InChI=1S/C24H27ClN4O5/c25-16-10-17-23(28-24(26-17)34-19-12-33-21-18(31)11-32-22(19)21)27-20(16)13-3-5-14(6-4-13)29-8-1-2-15(30)7-9-29/h3-6,10,15,18-19,21-22,30-31H,1-2,7-9,11-12H2,(H,26,27,28)/t15?,18-,19-,21-,22?/m1/s1. The number of nitrogens with zero attached hydrogens (tertiary/aromatic N) is 3. The highest BCUT2D eigenvalue weighted by Gasteiger charge is 2.48. The molecule has 0 spiro atoms. The first kappa shape index (κ1) is 22.1. The van der Waals surface area contributed by atoms with Crippen LogP contribution in [-0.2, 0) is 9.47 Å². The highest BCUT2D eigenvalue weighted by atomic mass is 35.5. The topological polar surface area (TPSA) is 113 Å². The Bertz CT molecular complexity index is 1170. The smallest absolute Gasteiger partial charge is 0.296 e. The Morgan fingerprint density at radius 1 is 1.03 bits per heavy atom. The quantitative estimate of drug-likeness (QED) is 0.515. The number of hydrogen-bond acceptors (Lipinski definition) is 8. The normalized spacial score (nSPS) is 29.4. The number of H-pyrrole nitrogens is 1. The second-order valence-electron chi connectivity index (χ2n) is 9.17. The van der Waals surface area contributed by atoms with Crippen LogP contribution in [0.5, 0.6) is 6.01 Å². The monoisotopic (exact) mass is 486 g/mol. The number of rotatable bonds is 4. The summed E-state index contributed by atoms with van der Waals surface area (Å²) in [6, 6.07) is 10.3. The fraction of sp³-hybridized carbons (Fsp3) is 0.500. The summed E-state index contributed by atoms with van der Waals surface area (Å²) in [6.07, 6.45) is 0.750. The van der Waals surface area contributed by atoms with Gasteiger partial charge in [0.05, 0.1) is 35.6 Å². The van der Waals surface area contributed by atoms with Crippen LogP contribution in [0.15, 0.2) is 30.3 Å². The fourth-order valence-corrected chi connectivity index (χ4v) is 5.27. The third-order valence-corrected chi connectivity index (χ3v) is 7.14. The lowest BCUT2D eigenvalue weighted by molar-refractivity contribution is 0.00706. The van der Waals surface area contributed by atoms with E-state index in [4.69, 9.17) is 25.8 Å². The second-order valence-corrected chi connectivity index (χ2v) is 9.58. The number of pyridine rings is 1. The molecule has 3 aliphatic heterocycles. The van der Waals surface area contributed by atoms with E-state index in [1.54, 1.807) is 6.07 Å². The molecular weight excluding hydrogens is 460 g/mol. The van der Waals surface area contributed by atoms with E-state index in [1.165, 1.54) is 0 Å². The van der Waals surface area contributed by atoms with Gasteiger partial charge in [0.15, 0.2) is 11.8 Å². The number of nitrogens with one attached hydrogen (secondary N) is 1. The Labute approximate surface area is 201 Å². The van der Waals surface area contributed by atoms with Crippen molar-refractivity contribution in [2.24, 2.45) is 0 Å². The van der Waals surface area contributed by atoms with Gasteiger partial charge in [-0.05, 0) is 37.5 Å². The van der Waals surface area contributed by atoms with Crippen molar-refractivity contribution in [3.63, 3.8) is 0 Å². The van der Waals surface area contributed by atoms with Gasteiger partial charge >= 0.3 is 0 Å².